The Labute approximate surface area is 273 Å². The number of aromatic nitrogens is 1. The third-order valence-electron chi connectivity index (χ3n) is 6.78. The van der Waals surface area contributed by atoms with Crippen LogP contribution in [0.4, 0.5) is 28.4 Å². The summed E-state index contributed by atoms with van der Waals surface area (Å²) in [6.45, 7) is 0. The number of fused-ring (bicyclic) bond motifs is 3. The van der Waals surface area contributed by atoms with Gasteiger partial charge in [0.1, 0.15) is 15.5 Å². The fraction of sp³-hybridized carbons (Fsp3) is 0. The first-order valence-corrected chi connectivity index (χ1v) is 17.5. The zero-order valence-electron chi connectivity index (χ0n) is 24.4. The first kappa shape index (κ1) is 35.4. The second-order valence-electron chi connectivity index (χ2n) is 10.1. The van der Waals surface area contributed by atoms with Crippen LogP contribution >= 0.6 is 0 Å². The van der Waals surface area contributed by atoms with E-state index in [2.05, 4.69) is 4.98 Å². The van der Waals surface area contributed by atoms with E-state index in [0.717, 1.165) is 34.8 Å². The standard InChI is InChI=1S/C10H10N2O7S2.C10H10N2O3S.C9H8N2/c11-6-3-5-4(1-7(6)20(14,15)16)2-8(21(17,18)19)9(12)10(5)13;11-9-3-4-10(12)8-5-6(16(13,14)15)1-2-7(8)9;10-8-3-4-9-7(6-8)2-1-5-11-9/h1-3,13H,11-12H2,(H,14,15,16)(H,17,18,19);1-5H,11-12H2,(H,13,14,15);1-6H,10H2. The van der Waals surface area contributed by atoms with Crippen LogP contribution in [0, 0.1) is 0 Å². The maximum absolute atomic E-state index is 11.2. The van der Waals surface area contributed by atoms with Crippen LogP contribution in [0.2, 0.25) is 0 Å². The van der Waals surface area contributed by atoms with Gasteiger partial charge < -0.3 is 33.8 Å². The van der Waals surface area contributed by atoms with Crippen LogP contribution in [-0.2, 0) is 30.4 Å². The number of nitrogen functional groups attached to an aromatic ring is 5. The van der Waals surface area contributed by atoms with Crippen molar-refractivity contribution in [1.82, 2.24) is 4.98 Å². The summed E-state index contributed by atoms with van der Waals surface area (Å²) in [7, 11) is -13.6. The molecule has 16 nitrogen and oxygen atoms in total. The van der Waals surface area contributed by atoms with Crippen molar-refractivity contribution in [2.75, 3.05) is 28.7 Å². The smallest absolute Gasteiger partial charge is 0.296 e. The highest BCUT2D eigenvalue weighted by Gasteiger charge is 2.22. The number of hydrogen-bond donors (Lipinski definition) is 9. The fourth-order valence-electron chi connectivity index (χ4n) is 4.48. The number of phenolic OH excluding ortho intramolecular Hbond substituents is 1. The number of benzene rings is 5. The lowest BCUT2D eigenvalue weighted by atomic mass is 10.1. The number of aromatic hydroxyl groups is 1. The van der Waals surface area contributed by atoms with Gasteiger partial charge in [-0.25, -0.2) is 0 Å². The molecule has 1 aromatic heterocycles. The van der Waals surface area contributed by atoms with E-state index in [9.17, 15) is 30.4 Å². The maximum Gasteiger partial charge on any atom is 0.296 e. The summed E-state index contributed by atoms with van der Waals surface area (Å²) in [6.07, 6.45) is 1.78. The van der Waals surface area contributed by atoms with Gasteiger partial charge in [-0.1, -0.05) is 12.1 Å². The fourth-order valence-corrected chi connectivity index (χ4v) is 6.27. The average molecular weight is 717 g/mol. The van der Waals surface area contributed by atoms with Gasteiger partial charge in [0.15, 0.2) is 0 Å². The number of nitrogens with zero attached hydrogens (tertiary/aromatic N) is 1. The van der Waals surface area contributed by atoms with Crippen molar-refractivity contribution in [3.05, 3.63) is 85.1 Å². The second kappa shape index (κ2) is 13.0. The molecule has 0 aliphatic rings. The van der Waals surface area contributed by atoms with Gasteiger partial charge in [-0.15, -0.1) is 0 Å². The van der Waals surface area contributed by atoms with Crippen molar-refractivity contribution in [2.24, 2.45) is 0 Å². The molecule has 0 radical (unpaired) electrons. The molecule has 14 N–H and O–H groups in total. The van der Waals surface area contributed by atoms with Crippen LogP contribution in [0.3, 0.4) is 0 Å². The summed E-state index contributed by atoms with van der Waals surface area (Å²) < 4.78 is 93.5. The van der Waals surface area contributed by atoms with Gasteiger partial charge in [0, 0.05) is 44.8 Å². The zero-order chi connectivity index (χ0) is 35.8. The molecule has 0 saturated carbocycles. The number of anilines is 5. The van der Waals surface area contributed by atoms with Gasteiger partial charge in [0.2, 0.25) is 0 Å². The zero-order valence-corrected chi connectivity index (χ0v) is 26.8. The highest BCUT2D eigenvalue weighted by molar-refractivity contribution is 7.86. The Kier molecular flexibility index (Phi) is 9.58. The van der Waals surface area contributed by atoms with Crippen LogP contribution in [0.15, 0.2) is 99.7 Å². The summed E-state index contributed by atoms with van der Waals surface area (Å²) in [5, 5.41) is 12.0. The predicted molar refractivity (Wildman–Crippen MR) is 183 cm³/mol. The summed E-state index contributed by atoms with van der Waals surface area (Å²) >= 11 is 0. The largest absolute Gasteiger partial charge is 0.505 e. The van der Waals surface area contributed by atoms with Crippen LogP contribution in [-0.4, -0.2) is 49.0 Å². The van der Waals surface area contributed by atoms with Crippen LogP contribution < -0.4 is 28.7 Å². The highest BCUT2D eigenvalue weighted by atomic mass is 32.2. The predicted octanol–water partition coefficient (Wildman–Crippen LogP) is 3.27. The minimum absolute atomic E-state index is 0.0372. The molecule has 6 aromatic rings. The third kappa shape index (κ3) is 7.74. The Morgan fingerprint density at radius 3 is 1.75 bits per heavy atom. The average Bonchev–Trinajstić information content (AvgIpc) is 2.99. The summed E-state index contributed by atoms with van der Waals surface area (Å²) in [5.74, 6) is -0.686. The van der Waals surface area contributed by atoms with Gasteiger partial charge in [-0.05, 0) is 72.1 Å². The topological polar surface area (TPSA) is 326 Å². The first-order valence-electron chi connectivity index (χ1n) is 13.1. The van der Waals surface area contributed by atoms with Crippen LogP contribution in [0.25, 0.3) is 32.4 Å². The molecular weight excluding hydrogens is 689 g/mol. The number of hydrogen-bond acceptors (Lipinski definition) is 13. The van der Waals surface area contributed by atoms with Gasteiger partial charge >= 0.3 is 0 Å². The van der Waals surface area contributed by atoms with Crippen LogP contribution in [0.5, 0.6) is 5.75 Å². The van der Waals surface area contributed by atoms with Crippen molar-refractivity contribution >= 4 is 91.2 Å². The minimum Gasteiger partial charge on any atom is -0.505 e. The summed E-state index contributed by atoms with van der Waals surface area (Å²) in [6, 6.07) is 19.7. The molecule has 0 fully saturated rings. The molecule has 6 rings (SSSR count). The molecule has 0 amide bonds. The Balaban J connectivity index is 0.000000170. The Bertz CT molecular complexity index is 2560. The van der Waals surface area contributed by atoms with Crippen LogP contribution in [0.1, 0.15) is 0 Å². The summed E-state index contributed by atoms with van der Waals surface area (Å²) in [4.78, 5) is 2.51. The summed E-state index contributed by atoms with van der Waals surface area (Å²) in [5.41, 5.74) is 29.6. The van der Waals surface area contributed by atoms with Gasteiger partial charge in [0.05, 0.1) is 21.8 Å². The quantitative estimate of drug-likeness (QED) is 0.0720. The molecule has 0 spiro atoms. The molecule has 5 aromatic carbocycles. The molecule has 0 aliphatic carbocycles. The van der Waals surface area contributed by atoms with Crippen molar-refractivity contribution in [2.45, 2.75) is 14.7 Å². The van der Waals surface area contributed by atoms with Gasteiger partial charge in [-0.3, -0.25) is 18.6 Å². The minimum atomic E-state index is -4.73. The van der Waals surface area contributed by atoms with Crippen molar-refractivity contribution in [3.8, 4) is 5.75 Å². The normalized spacial score (nSPS) is 11.8. The lowest BCUT2D eigenvalue weighted by Gasteiger charge is -2.11. The van der Waals surface area contributed by atoms with E-state index in [1.807, 2.05) is 30.3 Å². The van der Waals surface area contributed by atoms with E-state index in [1.165, 1.54) is 18.2 Å². The maximum atomic E-state index is 11.2. The SMILES string of the molecule is Nc1cc2c(O)c(N)c(S(=O)(=O)O)cc2cc1S(=O)(=O)O.Nc1ccc(N)c2cc(S(=O)(=O)O)ccc12.Nc1ccc2ncccc2c1. The molecule has 0 saturated heterocycles. The monoisotopic (exact) mass is 716 g/mol. The third-order valence-corrected chi connectivity index (χ3v) is 9.43. The molecule has 19 heteroatoms. The lowest BCUT2D eigenvalue weighted by molar-refractivity contribution is 0.473. The Morgan fingerprint density at radius 1 is 0.542 bits per heavy atom. The van der Waals surface area contributed by atoms with Crippen molar-refractivity contribution in [3.63, 3.8) is 0 Å². The second-order valence-corrected chi connectivity index (χ2v) is 14.3. The number of nitrogens with two attached hydrogens (primary N) is 5. The number of pyridine rings is 1. The van der Waals surface area contributed by atoms with Gasteiger partial charge in [0.25, 0.3) is 30.4 Å². The Hall–Kier alpha value is -5.44. The molecular formula is C29H28N6O10S3. The molecule has 0 unspecified atom stereocenters. The van der Waals surface area contributed by atoms with Crippen molar-refractivity contribution in [1.29, 1.82) is 0 Å². The lowest BCUT2D eigenvalue weighted by Crippen LogP contribution is -2.06. The van der Waals surface area contributed by atoms with Crippen molar-refractivity contribution < 1.29 is 44.0 Å². The van der Waals surface area contributed by atoms with E-state index >= 15 is 0 Å². The number of phenols is 1. The molecule has 1 heterocycles. The molecule has 0 atom stereocenters. The van der Waals surface area contributed by atoms with Gasteiger partial charge in [-0.2, -0.15) is 25.3 Å². The van der Waals surface area contributed by atoms with E-state index in [1.54, 1.807) is 18.3 Å². The molecule has 0 bridgehead atoms. The van der Waals surface area contributed by atoms with E-state index in [0.29, 0.717) is 22.1 Å². The molecule has 252 valence electrons. The Morgan fingerprint density at radius 2 is 1.15 bits per heavy atom. The molecule has 0 aliphatic heterocycles. The first-order chi connectivity index (χ1) is 22.2. The van der Waals surface area contributed by atoms with E-state index < -0.39 is 51.6 Å². The van der Waals surface area contributed by atoms with E-state index in [4.69, 9.17) is 42.3 Å². The van der Waals surface area contributed by atoms with E-state index in [-0.39, 0.29) is 21.4 Å². The highest BCUT2D eigenvalue weighted by Crippen LogP contribution is 2.39. The molecule has 48 heavy (non-hydrogen) atoms. The number of rotatable bonds is 3.